The van der Waals surface area contributed by atoms with Crippen LogP contribution in [0.4, 0.5) is 0 Å². The van der Waals surface area contributed by atoms with Gasteiger partial charge in [0.15, 0.2) is 0 Å². The summed E-state index contributed by atoms with van der Waals surface area (Å²) in [4.78, 5) is 0. The Morgan fingerprint density at radius 1 is 1.14 bits per heavy atom. The molecule has 0 aliphatic heterocycles. The van der Waals surface area contributed by atoms with Gasteiger partial charge in [-0.1, -0.05) is 0 Å². The smallest absolute Gasteiger partial charge is 1.00 e. The van der Waals surface area contributed by atoms with Crippen molar-refractivity contribution in [2.45, 2.75) is 0 Å². The van der Waals surface area contributed by atoms with Gasteiger partial charge in [-0.15, -0.1) is 0 Å². The molecule has 0 saturated heterocycles. The van der Waals surface area contributed by atoms with Crippen LogP contribution in [0.5, 0.6) is 0 Å². The molecule has 0 nitrogen and oxygen atoms in total. The van der Waals surface area contributed by atoms with Gasteiger partial charge in [-0.3, -0.25) is 0 Å². The van der Waals surface area contributed by atoms with E-state index in [2.05, 4.69) is 0 Å². The Kier molecular flexibility index (Phi) is 266. The Balaban J connectivity index is 0. The molecule has 0 bridgehead atoms. The zero-order chi connectivity index (χ0) is 0. The summed E-state index contributed by atoms with van der Waals surface area (Å²) in [6.07, 6.45) is 0. The van der Waals surface area contributed by atoms with Crippen LogP contribution in [-0.4, -0.2) is 155 Å². The van der Waals surface area contributed by atoms with Crippen molar-refractivity contribution in [3.63, 3.8) is 0 Å². The predicted octanol–water partition coefficient (Wildman–Crippen LogP) is -0.631. The fourth-order valence-corrected chi connectivity index (χ4v) is 0. The second-order valence-electron chi connectivity index (χ2n) is 0. The molecular weight excluding hydrogens is 507 g/mol. The second-order valence-corrected chi connectivity index (χ2v) is 0. The molecule has 0 N–H and O–H groups in total. The Hall–Kier alpha value is 6.91. The Morgan fingerprint density at radius 2 is 1.14 bits per heavy atom. The normalized spacial score (nSPS) is 0. The number of hydrogen-bond donors (Lipinski definition) is 0. The molecule has 0 unspecified atom stereocenters. The first-order chi connectivity index (χ1) is 0. The minimum atomic E-state index is 0. The number of rotatable bonds is 0. The van der Waals surface area contributed by atoms with Crippen LogP contribution in [-0.2, 0) is 57.6 Å². The summed E-state index contributed by atoms with van der Waals surface area (Å²) in [5, 5.41) is 0. The van der Waals surface area contributed by atoms with E-state index in [1.54, 1.807) is 0 Å². The van der Waals surface area contributed by atoms with Crippen LogP contribution in [0.3, 0.4) is 0 Å². The summed E-state index contributed by atoms with van der Waals surface area (Å²) in [6.45, 7) is 0. The molecule has 0 rings (SSSR count). The van der Waals surface area contributed by atoms with Crippen LogP contribution in [0.2, 0.25) is 0 Å². The molecule has 0 spiro atoms. The molecule has 0 aliphatic carbocycles. The Labute approximate surface area is 217 Å². The summed E-state index contributed by atoms with van der Waals surface area (Å²) in [6, 6.07) is 0. The maximum atomic E-state index is 0. The van der Waals surface area contributed by atoms with Crippen LogP contribution < -0.4 is 0 Å². The maximum Gasteiger partial charge on any atom is 2.00 e. The van der Waals surface area contributed by atoms with Crippen LogP contribution >= 0.6 is 0 Å². The van der Waals surface area contributed by atoms with Gasteiger partial charge in [0.25, 0.3) is 0 Å². The average molecular weight is 515 g/mol. The van der Waals surface area contributed by atoms with Gasteiger partial charge in [-0.25, -0.2) is 0 Å². The molecule has 0 heterocycles. The van der Waals surface area contributed by atoms with E-state index < -0.39 is 0 Å². The van der Waals surface area contributed by atoms with Crippen LogP contribution in [0, 0.1) is 0 Å². The first-order valence-corrected chi connectivity index (χ1v) is 0. The number of hydrogen-bond acceptors (Lipinski definition) is 0. The van der Waals surface area contributed by atoms with Crippen molar-refractivity contribution in [1.29, 1.82) is 0 Å². The van der Waals surface area contributed by atoms with E-state index in [0.29, 0.717) is 0 Å². The van der Waals surface area contributed by atoms with Crippen molar-refractivity contribution in [2.24, 2.45) is 0 Å². The Bertz CT molecular complexity index is 34.6. The maximum absolute atomic E-state index is 0. The summed E-state index contributed by atoms with van der Waals surface area (Å²) in [5.41, 5.74) is 0. The topological polar surface area (TPSA) is 0 Å². The van der Waals surface area contributed by atoms with Crippen LogP contribution in [0.1, 0.15) is 11.4 Å². The van der Waals surface area contributed by atoms with Crippen molar-refractivity contribution in [2.75, 3.05) is 0 Å². The quantitative estimate of drug-likeness (QED) is 0.378. The first-order valence-electron chi connectivity index (χ1n) is 0. The zero-order valence-corrected chi connectivity index (χ0v) is 21.9. The van der Waals surface area contributed by atoms with E-state index in [1.807, 2.05) is 0 Å². The molecule has 7 heavy (non-hydrogen) atoms. The van der Waals surface area contributed by atoms with E-state index in [4.69, 9.17) is 0 Å². The standard InChI is InChI=1S/Ba.Ca.Fe.Mg.Mo.Sr.Zn.8H/q2*+2;;+2;;+2;;8*-1. The second kappa shape index (κ2) is 38.4. The summed E-state index contributed by atoms with van der Waals surface area (Å²) in [7, 11) is 0. The van der Waals surface area contributed by atoms with Crippen LogP contribution in [0.25, 0.3) is 0 Å². The third-order valence-corrected chi connectivity index (χ3v) is 0. The monoisotopic (exact) mass is 516 g/mol. The molecule has 0 aromatic heterocycles. The fourth-order valence-electron chi connectivity index (χ4n) is 0. The van der Waals surface area contributed by atoms with E-state index in [-0.39, 0.29) is 224 Å². The largest absolute Gasteiger partial charge is 2.00 e. The third kappa shape index (κ3) is 32.2. The molecule has 0 radical (unpaired) electrons. The van der Waals surface area contributed by atoms with Crippen molar-refractivity contribution in [1.82, 2.24) is 0 Å². The van der Waals surface area contributed by atoms with Gasteiger partial charge in [0.2, 0.25) is 0 Å². The SMILES string of the molecule is [Ba+2].[Ca+2].[Fe].[H-].[H-].[H-].[H-].[H-].[H-].[H-].[H-].[Mg+2].[Mo].[Sr+2].[Zn]. The van der Waals surface area contributed by atoms with E-state index in [9.17, 15) is 0 Å². The van der Waals surface area contributed by atoms with E-state index in [0.717, 1.165) is 0 Å². The first kappa shape index (κ1) is 48.6. The van der Waals surface area contributed by atoms with Crippen molar-refractivity contribution in [3.05, 3.63) is 0 Å². The molecule has 0 aromatic carbocycles. The summed E-state index contributed by atoms with van der Waals surface area (Å²) < 4.78 is 0. The van der Waals surface area contributed by atoms with E-state index >= 15 is 0 Å². The van der Waals surface area contributed by atoms with Crippen molar-refractivity contribution < 1.29 is 69.0 Å². The van der Waals surface area contributed by atoms with Crippen molar-refractivity contribution in [3.8, 4) is 0 Å². The minimum Gasteiger partial charge on any atom is -1.00 e. The molecule has 0 aromatic rings. The molecule has 0 aliphatic rings. The molecular formula is H8BaCaFeMgMoSrZn. The van der Waals surface area contributed by atoms with Gasteiger partial charge < -0.3 is 11.4 Å². The fraction of sp³-hybridized carbons (Fsp3) is 0. The molecule has 0 fully saturated rings. The van der Waals surface area contributed by atoms with Gasteiger partial charge in [-0.2, -0.15) is 0 Å². The summed E-state index contributed by atoms with van der Waals surface area (Å²) in [5.74, 6) is 0. The van der Waals surface area contributed by atoms with Crippen LogP contribution in [0.15, 0.2) is 0 Å². The predicted molar refractivity (Wildman–Crippen MR) is 31.9 cm³/mol. The molecule has 0 atom stereocenters. The summed E-state index contributed by atoms with van der Waals surface area (Å²) >= 11 is 0. The molecule has 0 amide bonds. The van der Waals surface area contributed by atoms with E-state index in [1.165, 1.54) is 0 Å². The van der Waals surface area contributed by atoms with Gasteiger partial charge in [-0.05, 0) is 0 Å². The van der Waals surface area contributed by atoms with Gasteiger partial charge in [0.05, 0.1) is 0 Å². The Morgan fingerprint density at radius 3 is 1.14 bits per heavy atom. The average Bonchev–Trinajstić information content (AvgIpc) is 0. The minimum absolute atomic E-state index is 0. The molecule has 0 saturated carbocycles. The van der Waals surface area contributed by atoms with Gasteiger partial charge in [0.1, 0.15) is 0 Å². The van der Waals surface area contributed by atoms with Gasteiger partial charge in [0, 0.05) is 57.6 Å². The third-order valence-electron chi connectivity index (χ3n) is 0. The zero-order valence-electron chi connectivity index (χ0n) is 12.3. The van der Waals surface area contributed by atoms with Gasteiger partial charge >= 0.3 is 155 Å². The van der Waals surface area contributed by atoms with Crippen molar-refractivity contribution >= 4 is 155 Å². The molecule has 7 heteroatoms. The molecule has 32 valence electrons.